The molecule has 0 spiro atoms. The number of rotatable bonds is 4. The van der Waals surface area contributed by atoms with Crippen LogP contribution in [0.3, 0.4) is 0 Å². The number of carbonyl (C=O) groups excluding carboxylic acids is 1. The summed E-state index contributed by atoms with van der Waals surface area (Å²) in [5.74, 6) is 6.02. The Morgan fingerprint density at radius 1 is 1.08 bits per heavy atom. The summed E-state index contributed by atoms with van der Waals surface area (Å²) in [4.78, 5) is 16.9. The van der Waals surface area contributed by atoms with E-state index in [4.69, 9.17) is 4.84 Å². The van der Waals surface area contributed by atoms with E-state index in [1.165, 1.54) is 0 Å². The first-order chi connectivity index (χ1) is 12.1. The number of hydrogen-bond acceptors (Lipinski definition) is 3. The largest absolute Gasteiger partial charge is 0.365 e. The van der Waals surface area contributed by atoms with Gasteiger partial charge in [0.05, 0.1) is 11.3 Å². The van der Waals surface area contributed by atoms with E-state index in [-0.39, 0.29) is 5.41 Å². The van der Waals surface area contributed by atoms with Gasteiger partial charge in [-0.1, -0.05) is 60.3 Å². The van der Waals surface area contributed by atoms with Gasteiger partial charge in [-0.2, -0.15) is 0 Å². The van der Waals surface area contributed by atoms with Gasteiger partial charge in [-0.15, -0.1) is 0 Å². The highest BCUT2D eigenvalue weighted by Gasteiger charge is 2.37. The lowest BCUT2D eigenvalue weighted by Crippen LogP contribution is -2.35. The molecule has 3 rings (SSSR count). The zero-order valence-electron chi connectivity index (χ0n) is 14.4. The molecule has 0 atom stereocenters. The lowest BCUT2D eigenvalue weighted by molar-refractivity contribution is 0.0505. The van der Waals surface area contributed by atoms with Crippen molar-refractivity contribution >= 4 is 11.7 Å². The fourth-order valence-corrected chi connectivity index (χ4v) is 2.96. The van der Waals surface area contributed by atoms with Gasteiger partial charge in [0, 0.05) is 12.0 Å². The van der Waals surface area contributed by atoms with Gasteiger partial charge in [0.25, 0.3) is 0 Å². The average Bonchev–Trinajstić information content (AvgIpc) is 2.63. The van der Waals surface area contributed by atoms with Crippen LogP contribution in [0.5, 0.6) is 0 Å². The van der Waals surface area contributed by atoms with Gasteiger partial charge < -0.3 is 4.84 Å². The maximum Gasteiger partial charge on any atom is 0.365 e. The fraction of sp³-hybridized carbons (Fsp3) is 0.273. The van der Waals surface area contributed by atoms with Crippen LogP contribution in [-0.4, -0.2) is 11.7 Å². The predicted molar refractivity (Wildman–Crippen MR) is 99.2 cm³/mol. The topological polar surface area (TPSA) is 38.7 Å². The van der Waals surface area contributed by atoms with E-state index in [0.29, 0.717) is 5.56 Å². The van der Waals surface area contributed by atoms with Crippen molar-refractivity contribution in [2.24, 2.45) is 10.6 Å². The Kier molecular flexibility index (Phi) is 5.30. The highest BCUT2D eigenvalue weighted by atomic mass is 16.7. The highest BCUT2D eigenvalue weighted by Crippen LogP contribution is 2.42. The van der Waals surface area contributed by atoms with Crippen LogP contribution in [0.4, 0.5) is 0 Å². The van der Waals surface area contributed by atoms with Crippen LogP contribution < -0.4 is 0 Å². The van der Waals surface area contributed by atoms with Gasteiger partial charge in [0.1, 0.15) is 0 Å². The number of oxime groups is 1. The molecule has 1 fully saturated rings. The number of carbonyl (C=O) groups is 1. The van der Waals surface area contributed by atoms with E-state index in [1.807, 2.05) is 36.4 Å². The Balaban J connectivity index is 1.43. The minimum absolute atomic E-state index is 0.212. The normalized spacial score (nSPS) is 18.5. The van der Waals surface area contributed by atoms with Gasteiger partial charge in [-0.25, -0.2) is 4.79 Å². The van der Waals surface area contributed by atoms with E-state index in [1.54, 1.807) is 24.3 Å². The third-order valence-electron chi connectivity index (χ3n) is 4.39. The van der Waals surface area contributed by atoms with Crippen molar-refractivity contribution in [3.63, 3.8) is 0 Å². The smallest absolute Gasteiger partial charge is 0.313 e. The summed E-state index contributed by atoms with van der Waals surface area (Å²) in [5, 5.41) is 4.01. The van der Waals surface area contributed by atoms with Gasteiger partial charge in [-0.3, -0.25) is 0 Å². The molecule has 0 N–H and O–H groups in total. The first kappa shape index (κ1) is 17.0. The third kappa shape index (κ3) is 4.81. The van der Waals surface area contributed by atoms with E-state index in [0.717, 1.165) is 37.0 Å². The van der Waals surface area contributed by atoms with Gasteiger partial charge in [0.2, 0.25) is 0 Å². The van der Waals surface area contributed by atoms with Crippen molar-refractivity contribution in [2.45, 2.75) is 32.6 Å². The minimum atomic E-state index is -0.407. The molecule has 0 unspecified atom stereocenters. The molecule has 0 radical (unpaired) electrons. The molecule has 2 aromatic rings. The first-order valence-corrected chi connectivity index (χ1v) is 8.51. The molecular weight excluding hydrogens is 310 g/mol. The summed E-state index contributed by atoms with van der Waals surface area (Å²) >= 11 is 0. The maximum absolute atomic E-state index is 11.8. The molecule has 3 nitrogen and oxygen atoms in total. The Bertz CT molecular complexity index is 805. The molecule has 3 heteroatoms. The molecule has 0 amide bonds. The molecule has 0 aromatic heterocycles. The third-order valence-corrected chi connectivity index (χ3v) is 4.39. The minimum Gasteiger partial charge on any atom is -0.313 e. The SMILES string of the molecule is CC1(CCC#Cc2ccccc2)CC(=NOC(=O)c2ccccc2)C1. The van der Waals surface area contributed by atoms with Crippen molar-refractivity contribution in [2.75, 3.05) is 0 Å². The van der Waals surface area contributed by atoms with E-state index in [9.17, 15) is 4.79 Å². The molecule has 0 bridgehead atoms. The Morgan fingerprint density at radius 2 is 1.72 bits per heavy atom. The highest BCUT2D eigenvalue weighted by molar-refractivity contribution is 5.93. The number of hydrogen-bond donors (Lipinski definition) is 0. The summed E-state index contributed by atoms with van der Waals surface area (Å²) in [6.07, 6.45) is 3.62. The van der Waals surface area contributed by atoms with Crippen LogP contribution in [0.15, 0.2) is 65.8 Å². The van der Waals surface area contributed by atoms with E-state index < -0.39 is 5.97 Å². The van der Waals surface area contributed by atoms with Crippen molar-refractivity contribution in [1.82, 2.24) is 0 Å². The second-order valence-corrected chi connectivity index (χ2v) is 6.73. The number of nitrogens with zero attached hydrogens (tertiary/aromatic N) is 1. The van der Waals surface area contributed by atoms with E-state index >= 15 is 0 Å². The van der Waals surface area contributed by atoms with Crippen LogP contribution >= 0.6 is 0 Å². The van der Waals surface area contributed by atoms with Gasteiger partial charge >= 0.3 is 5.97 Å². The molecule has 0 heterocycles. The molecule has 1 saturated carbocycles. The summed E-state index contributed by atoms with van der Waals surface area (Å²) in [5.41, 5.74) is 2.73. The molecular formula is C22H21NO2. The molecule has 2 aromatic carbocycles. The monoisotopic (exact) mass is 331 g/mol. The summed E-state index contributed by atoms with van der Waals surface area (Å²) < 4.78 is 0. The van der Waals surface area contributed by atoms with Gasteiger partial charge in [-0.05, 0) is 48.9 Å². The Labute approximate surface area is 148 Å². The first-order valence-electron chi connectivity index (χ1n) is 8.51. The quantitative estimate of drug-likeness (QED) is 0.457. The molecule has 0 saturated heterocycles. The maximum atomic E-state index is 11.8. The van der Waals surface area contributed by atoms with Crippen LogP contribution in [-0.2, 0) is 4.84 Å². The van der Waals surface area contributed by atoms with Crippen molar-refractivity contribution in [1.29, 1.82) is 0 Å². The van der Waals surface area contributed by atoms with Crippen LogP contribution in [0.2, 0.25) is 0 Å². The average molecular weight is 331 g/mol. The van der Waals surface area contributed by atoms with E-state index in [2.05, 4.69) is 23.9 Å². The lowest BCUT2D eigenvalue weighted by atomic mass is 9.66. The van der Waals surface area contributed by atoms with Crippen LogP contribution in [0.25, 0.3) is 0 Å². The Hall–Kier alpha value is -2.86. The molecule has 1 aliphatic carbocycles. The van der Waals surface area contributed by atoms with Crippen molar-refractivity contribution in [3.05, 3.63) is 71.8 Å². The molecule has 1 aliphatic rings. The van der Waals surface area contributed by atoms with Crippen LogP contribution in [0, 0.1) is 17.3 Å². The summed E-state index contributed by atoms with van der Waals surface area (Å²) in [6.45, 7) is 2.23. The predicted octanol–water partition coefficient (Wildman–Crippen LogP) is 4.83. The zero-order chi connectivity index (χ0) is 17.5. The standard InChI is InChI=1S/C22H21NO2/c1-22(15-9-8-12-18-10-4-2-5-11-18)16-20(17-22)23-25-21(24)19-13-6-3-7-14-19/h2-7,10-11,13-14H,9,15-17H2,1H3. The van der Waals surface area contributed by atoms with Gasteiger partial charge in [0.15, 0.2) is 0 Å². The summed E-state index contributed by atoms with van der Waals surface area (Å²) in [6, 6.07) is 18.9. The summed E-state index contributed by atoms with van der Waals surface area (Å²) in [7, 11) is 0. The fourth-order valence-electron chi connectivity index (χ4n) is 2.96. The zero-order valence-corrected chi connectivity index (χ0v) is 14.4. The molecule has 126 valence electrons. The lowest BCUT2D eigenvalue weighted by Gasteiger charge is -2.38. The second kappa shape index (κ2) is 7.81. The van der Waals surface area contributed by atoms with Crippen molar-refractivity contribution in [3.8, 4) is 11.8 Å². The van der Waals surface area contributed by atoms with Crippen LogP contribution in [0.1, 0.15) is 48.5 Å². The number of benzene rings is 2. The molecule has 0 aliphatic heterocycles. The second-order valence-electron chi connectivity index (χ2n) is 6.73. The molecule has 25 heavy (non-hydrogen) atoms. The Morgan fingerprint density at radius 3 is 2.40 bits per heavy atom. The van der Waals surface area contributed by atoms with Crippen molar-refractivity contribution < 1.29 is 9.63 Å².